The molecule has 1 aliphatic rings. The zero-order valence-corrected chi connectivity index (χ0v) is 16.1. The fourth-order valence-electron chi connectivity index (χ4n) is 4.27. The van der Waals surface area contributed by atoms with Crippen LogP contribution in [0.15, 0.2) is 54.6 Å². The smallest absolute Gasteiger partial charge is 0.326 e. The molecule has 0 aliphatic carbocycles. The minimum Gasteiger partial charge on any atom is -0.468 e. The number of hydrogen-bond donors (Lipinski definition) is 1. The number of halogens is 1. The standard InChI is InChI=1S/C20H21ClN2O4/c1-19(18(24)27-3)16(13-7-5-4-6-8-13)20(2,23(25)26)17(22-19)14-9-11-15(21)12-10-14/h4-12,16-17,22H,1-3H3/t16-,17+,19+,20+/m1/s1. The minimum absolute atomic E-state index is 0.300. The number of benzene rings is 2. The number of hydrogen-bond acceptors (Lipinski definition) is 5. The highest BCUT2D eigenvalue weighted by molar-refractivity contribution is 6.30. The first-order valence-electron chi connectivity index (χ1n) is 8.56. The van der Waals surface area contributed by atoms with Gasteiger partial charge in [0.2, 0.25) is 5.54 Å². The van der Waals surface area contributed by atoms with E-state index >= 15 is 0 Å². The van der Waals surface area contributed by atoms with Gasteiger partial charge in [-0.2, -0.15) is 0 Å². The summed E-state index contributed by atoms with van der Waals surface area (Å²) in [4.78, 5) is 24.8. The van der Waals surface area contributed by atoms with Crippen molar-refractivity contribution in [3.63, 3.8) is 0 Å². The number of nitrogens with one attached hydrogen (secondary N) is 1. The SMILES string of the molecule is COC(=O)[C@@]1(C)N[C@@H](c2ccc(Cl)cc2)[C@@](C)([N+](=O)[O-])[C@@H]1c1ccccc1. The molecule has 1 fully saturated rings. The Labute approximate surface area is 162 Å². The summed E-state index contributed by atoms with van der Waals surface area (Å²) in [5.74, 6) is -1.28. The minimum atomic E-state index is -1.49. The first-order valence-corrected chi connectivity index (χ1v) is 8.94. The molecule has 0 unspecified atom stereocenters. The highest BCUT2D eigenvalue weighted by atomic mass is 35.5. The first kappa shape index (κ1) is 19.3. The summed E-state index contributed by atoms with van der Waals surface area (Å²) < 4.78 is 5.02. The van der Waals surface area contributed by atoms with Gasteiger partial charge in [0.05, 0.1) is 13.0 Å². The topological polar surface area (TPSA) is 81.5 Å². The van der Waals surface area contributed by atoms with Crippen molar-refractivity contribution in [2.45, 2.75) is 36.9 Å². The van der Waals surface area contributed by atoms with Crippen molar-refractivity contribution in [3.05, 3.63) is 80.9 Å². The van der Waals surface area contributed by atoms with E-state index in [0.29, 0.717) is 16.1 Å². The summed E-state index contributed by atoms with van der Waals surface area (Å²) in [6, 6.07) is 15.2. The van der Waals surface area contributed by atoms with E-state index < -0.39 is 29.0 Å². The van der Waals surface area contributed by atoms with Gasteiger partial charge in [-0.15, -0.1) is 0 Å². The Hall–Kier alpha value is -2.44. The van der Waals surface area contributed by atoms with E-state index in [0.717, 1.165) is 0 Å². The summed E-state index contributed by atoms with van der Waals surface area (Å²) in [5, 5.41) is 16.1. The van der Waals surface area contributed by atoms with Crippen LogP contribution in [0.25, 0.3) is 0 Å². The van der Waals surface area contributed by atoms with Crippen molar-refractivity contribution in [2.75, 3.05) is 7.11 Å². The third-order valence-corrected chi connectivity index (χ3v) is 5.78. The summed E-state index contributed by atoms with van der Waals surface area (Å²) >= 11 is 5.98. The Morgan fingerprint density at radius 3 is 2.22 bits per heavy atom. The normalized spacial score (nSPS) is 30.1. The third kappa shape index (κ3) is 2.99. The Morgan fingerprint density at radius 2 is 1.70 bits per heavy atom. The van der Waals surface area contributed by atoms with Crippen LogP contribution in [0.3, 0.4) is 0 Å². The fraction of sp³-hybridized carbons (Fsp3) is 0.350. The van der Waals surface area contributed by atoms with Gasteiger partial charge in [0.25, 0.3) is 0 Å². The van der Waals surface area contributed by atoms with Gasteiger partial charge >= 0.3 is 5.97 Å². The van der Waals surface area contributed by atoms with Crippen LogP contribution in [0.5, 0.6) is 0 Å². The number of carbonyl (C=O) groups excluding carboxylic acids is 1. The molecule has 0 bridgehead atoms. The van der Waals surface area contributed by atoms with Crippen LogP contribution < -0.4 is 5.32 Å². The second kappa shape index (κ2) is 6.94. The van der Waals surface area contributed by atoms with Crippen molar-refractivity contribution < 1.29 is 14.5 Å². The van der Waals surface area contributed by atoms with Crippen molar-refractivity contribution >= 4 is 17.6 Å². The monoisotopic (exact) mass is 388 g/mol. The molecule has 1 saturated heterocycles. The average Bonchev–Trinajstić information content (AvgIpc) is 2.92. The van der Waals surface area contributed by atoms with Gasteiger partial charge in [-0.3, -0.25) is 20.2 Å². The van der Waals surface area contributed by atoms with E-state index in [1.165, 1.54) is 7.11 Å². The predicted molar refractivity (Wildman–Crippen MR) is 102 cm³/mol. The lowest BCUT2D eigenvalue weighted by molar-refractivity contribution is -0.571. The van der Waals surface area contributed by atoms with E-state index in [2.05, 4.69) is 5.32 Å². The number of methoxy groups -OCH3 is 1. The summed E-state index contributed by atoms with van der Waals surface area (Å²) in [5.41, 5.74) is -1.37. The van der Waals surface area contributed by atoms with Gasteiger partial charge in [0.1, 0.15) is 11.6 Å². The predicted octanol–water partition coefficient (Wildman–Crippen LogP) is 3.74. The molecule has 3 rings (SSSR count). The largest absolute Gasteiger partial charge is 0.468 e. The maximum absolute atomic E-state index is 12.7. The molecule has 1 N–H and O–H groups in total. The molecule has 0 aromatic heterocycles. The van der Waals surface area contributed by atoms with E-state index in [-0.39, 0.29) is 4.92 Å². The van der Waals surface area contributed by atoms with Gasteiger partial charge in [-0.05, 0) is 30.2 Å². The highest BCUT2D eigenvalue weighted by Gasteiger charge is 2.69. The van der Waals surface area contributed by atoms with Crippen molar-refractivity contribution in [1.29, 1.82) is 0 Å². The van der Waals surface area contributed by atoms with Gasteiger partial charge in [0.15, 0.2) is 0 Å². The molecule has 0 spiro atoms. The molecular weight excluding hydrogens is 368 g/mol. The van der Waals surface area contributed by atoms with E-state index in [1.807, 2.05) is 18.2 Å². The lowest BCUT2D eigenvalue weighted by Gasteiger charge is -2.32. The van der Waals surface area contributed by atoms with Crippen molar-refractivity contribution in [3.8, 4) is 0 Å². The first-order chi connectivity index (χ1) is 12.7. The molecule has 27 heavy (non-hydrogen) atoms. The zero-order chi connectivity index (χ0) is 19.8. The van der Waals surface area contributed by atoms with Gasteiger partial charge in [-0.25, -0.2) is 0 Å². The molecule has 7 heteroatoms. The quantitative estimate of drug-likeness (QED) is 0.490. The van der Waals surface area contributed by atoms with Crippen LogP contribution in [-0.4, -0.2) is 29.1 Å². The van der Waals surface area contributed by atoms with Crippen molar-refractivity contribution in [1.82, 2.24) is 5.32 Å². The van der Waals surface area contributed by atoms with Crippen LogP contribution in [0, 0.1) is 10.1 Å². The van der Waals surface area contributed by atoms with E-state index in [1.54, 1.807) is 50.2 Å². The van der Waals surface area contributed by atoms with Crippen LogP contribution in [0.4, 0.5) is 0 Å². The number of carbonyl (C=O) groups is 1. The molecule has 2 aromatic carbocycles. The molecule has 1 aliphatic heterocycles. The van der Waals surface area contributed by atoms with Crippen LogP contribution in [0.1, 0.15) is 36.9 Å². The maximum atomic E-state index is 12.7. The lowest BCUT2D eigenvalue weighted by atomic mass is 9.70. The second-order valence-electron chi connectivity index (χ2n) is 7.15. The van der Waals surface area contributed by atoms with E-state index in [9.17, 15) is 14.9 Å². The molecule has 0 saturated carbocycles. The number of rotatable bonds is 4. The Kier molecular flexibility index (Phi) is 4.97. The zero-order valence-electron chi connectivity index (χ0n) is 15.3. The molecule has 0 radical (unpaired) electrons. The summed E-state index contributed by atoms with van der Waals surface area (Å²) in [6.07, 6.45) is 0. The van der Waals surface area contributed by atoms with Crippen LogP contribution >= 0.6 is 11.6 Å². The molecule has 142 valence electrons. The number of nitro groups is 1. The number of ether oxygens (including phenoxy) is 1. The van der Waals surface area contributed by atoms with Gasteiger partial charge < -0.3 is 4.74 Å². The van der Waals surface area contributed by atoms with Crippen molar-refractivity contribution in [2.24, 2.45) is 0 Å². The summed E-state index contributed by atoms with van der Waals surface area (Å²) in [7, 11) is 1.29. The highest BCUT2D eigenvalue weighted by Crippen LogP contribution is 2.53. The van der Waals surface area contributed by atoms with Crippen LogP contribution in [0.2, 0.25) is 5.02 Å². The molecule has 1 heterocycles. The van der Waals surface area contributed by atoms with E-state index in [4.69, 9.17) is 16.3 Å². The molecule has 6 nitrogen and oxygen atoms in total. The summed E-state index contributed by atoms with van der Waals surface area (Å²) in [6.45, 7) is 3.24. The van der Waals surface area contributed by atoms with Gasteiger partial charge in [-0.1, -0.05) is 54.1 Å². The second-order valence-corrected chi connectivity index (χ2v) is 7.59. The van der Waals surface area contributed by atoms with Crippen LogP contribution in [-0.2, 0) is 9.53 Å². The Bertz CT molecular complexity index is 858. The Balaban J connectivity index is 2.24. The lowest BCUT2D eigenvalue weighted by Crippen LogP contribution is -2.51. The molecular formula is C20H21ClN2O4. The number of nitrogens with zero attached hydrogens (tertiary/aromatic N) is 1. The molecule has 2 aromatic rings. The van der Waals surface area contributed by atoms with Gasteiger partial charge in [0, 0.05) is 16.9 Å². The molecule has 4 atom stereocenters. The third-order valence-electron chi connectivity index (χ3n) is 5.53. The Morgan fingerprint density at radius 1 is 1.11 bits per heavy atom. The fourth-order valence-corrected chi connectivity index (χ4v) is 4.40. The average molecular weight is 389 g/mol. The maximum Gasteiger partial charge on any atom is 0.326 e. The number of esters is 1. The molecule has 0 amide bonds.